The molecule has 3 nitrogen and oxygen atoms in total. The van der Waals surface area contributed by atoms with Gasteiger partial charge in [0.25, 0.3) is 0 Å². The Bertz CT molecular complexity index is 517. The van der Waals surface area contributed by atoms with Crippen molar-refractivity contribution in [3.63, 3.8) is 0 Å². The minimum absolute atomic E-state index is 0.0118. The average molecular weight is 245 g/mol. The van der Waals surface area contributed by atoms with E-state index >= 15 is 0 Å². The van der Waals surface area contributed by atoms with E-state index in [1.165, 1.54) is 16.8 Å². The number of nitrogens with zero attached hydrogens (tertiary/aromatic N) is 1. The molecule has 0 saturated heterocycles. The molecule has 3 heteroatoms. The van der Waals surface area contributed by atoms with E-state index in [1.54, 1.807) is 0 Å². The fraction of sp³-hybridized carbons (Fsp3) is 0.533. The van der Waals surface area contributed by atoms with Crippen LogP contribution in [0.25, 0.3) is 0 Å². The summed E-state index contributed by atoms with van der Waals surface area (Å²) in [6.07, 6.45) is 1.92. The van der Waals surface area contributed by atoms with Gasteiger partial charge in [-0.05, 0) is 44.4 Å². The van der Waals surface area contributed by atoms with Crippen LogP contribution in [0.15, 0.2) is 17.1 Å². The number of ether oxygens (including phenoxy) is 2. The quantitative estimate of drug-likeness (QED) is 0.761. The van der Waals surface area contributed by atoms with Crippen LogP contribution in [0.2, 0.25) is 0 Å². The molecule has 2 aliphatic rings. The third-order valence-electron chi connectivity index (χ3n) is 3.47. The number of aliphatic imine (C=N–C) groups is 1. The summed E-state index contributed by atoms with van der Waals surface area (Å²) in [7, 11) is 0. The molecule has 2 aliphatic heterocycles. The molecule has 0 unspecified atom stereocenters. The minimum atomic E-state index is -0.0118. The minimum Gasteiger partial charge on any atom is -0.486 e. The van der Waals surface area contributed by atoms with E-state index in [4.69, 9.17) is 14.5 Å². The molecule has 0 N–H and O–H groups in total. The number of fused-ring (bicyclic) bond motifs is 2. The third kappa shape index (κ3) is 1.88. The predicted molar refractivity (Wildman–Crippen MR) is 72.0 cm³/mol. The van der Waals surface area contributed by atoms with Crippen molar-refractivity contribution < 1.29 is 9.47 Å². The molecule has 0 radical (unpaired) electrons. The molecule has 96 valence electrons. The van der Waals surface area contributed by atoms with Gasteiger partial charge in [-0.1, -0.05) is 6.92 Å². The molecule has 1 aromatic rings. The largest absolute Gasteiger partial charge is 0.486 e. The maximum atomic E-state index is 5.66. The Morgan fingerprint density at radius 2 is 1.83 bits per heavy atom. The van der Waals surface area contributed by atoms with Gasteiger partial charge >= 0.3 is 0 Å². The van der Waals surface area contributed by atoms with Gasteiger partial charge < -0.3 is 9.47 Å². The van der Waals surface area contributed by atoms with E-state index in [1.807, 2.05) is 0 Å². The highest BCUT2D eigenvalue weighted by Crippen LogP contribution is 2.37. The highest BCUT2D eigenvalue weighted by Gasteiger charge is 2.28. The van der Waals surface area contributed by atoms with E-state index in [-0.39, 0.29) is 5.54 Å². The molecular weight excluding hydrogens is 226 g/mol. The Hall–Kier alpha value is -1.51. The van der Waals surface area contributed by atoms with Crippen LogP contribution in [0.5, 0.6) is 11.5 Å². The fourth-order valence-corrected chi connectivity index (χ4v) is 2.75. The summed E-state index contributed by atoms with van der Waals surface area (Å²) in [5.41, 5.74) is 3.73. The molecule has 1 aromatic carbocycles. The lowest BCUT2D eigenvalue weighted by molar-refractivity contribution is 0.171. The number of hydrogen-bond donors (Lipinski definition) is 0. The van der Waals surface area contributed by atoms with Gasteiger partial charge in [-0.25, -0.2) is 0 Å². The van der Waals surface area contributed by atoms with Gasteiger partial charge in [0.05, 0.1) is 5.54 Å². The normalized spacial score (nSPS) is 20.1. The zero-order valence-electron chi connectivity index (χ0n) is 11.2. The molecular formula is C15H19NO2. The Morgan fingerprint density at radius 3 is 2.50 bits per heavy atom. The van der Waals surface area contributed by atoms with Crippen LogP contribution < -0.4 is 9.47 Å². The van der Waals surface area contributed by atoms with Gasteiger partial charge in [0.2, 0.25) is 0 Å². The second-order valence-corrected chi connectivity index (χ2v) is 5.55. The van der Waals surface area contributed by atoms with E-state index in [0.29, 0.717) is 13.2 Å². The van der Waals surface area contributed by atoms with Crippen molar-refractivity contribution in [2.45, 2.75) is 39.2 Å². The summed E-state index contributed by atoms with van der Waals surface area (Å²) in [5.74, 6) is 1.74. The van der Waals surface area contributed by atoms with Crippen LogP contribution in [0.4, 0.5) is 0 Å². The van der Waals surface area contributed by atoms with Gasteiger partial charge in [0, 0.05) is 11.3 Å². The number of benzene rings is 1. The van der Waals surface area contributed by atoms with Crippen LogP contribution in [-0.2, 0) is 6.42 Å². The summed E-state index contributed by atoms with van der Waals surface area (Å²) >= 11 is 0. The van der Waals surface area contributed by atoms with Gasteiger partial charge in [0.1, 0.15) is 13.2 Å². The summed E-state index contributed by atoms with van der Waals surface area (Å²) in [5, 5.41) is 0. The van der Waals surface area contributed by atoms with E-state index in [9.17, 15) is 0 Å². The van der Waals surface area contributed by atoms with Crippen LogP contribution in [-0.4, -0.2) is 24.5 Å². The van der Waals surface area contributed by atoms with Crippen LogP contribution in [0.1, 0.15) is 38.3 Å². The maximum absolute atomic E-state index is 5.66. The van der Waals surface area contributed by atoms with Crippen molar-refractivity contribution in [3.8, 4) is 11.5 Å². The highest BCUT2D eigenvalue weighted by atomic mass is 16.6. The fourth-order valence-electron chi connectivity index (χ4n) is 2.75. The first-order chi connectivity index (χ1) is 8.59. The summed E-state index contributed by atoms with van der Waals surface area (Å²) in [6, 6.07) is 4.23. The van der Waals surface area contributed by atoms with Gasteiger partial charge in [-0.15, -0.1) is 0 Å². The molecule has 0 bridgehead atoms. The summed E-state index contributed by atoms with van der Waals surface area (Å²) in [4.78, 5) is 4.84. The van der Waals surface area contributed by atoms with Crippen molar-refractivity contribution in [3.05, 3.63) is 23.3 Å². The van der Waals surface area contributed by atoms with E-state index in [0.717, 1.165) is 24.3 Å². The van der Waals surface area contributed by atoms with Crippen molar-refractivity contribution in [2.24, 2.45) is 4.99 Å². The topological polar surface area (TPSA) is 30.8 Å². The third-order valence-corrected chi connectivity index (χ3v) is 3.47. The van der Waals surface area contributed by atoms with Crippen molar-refractivity contribution in [1.29, 1.82) is 0 Å². The van der Waals surface area contributed by atoms with Crippen LogP contribution in [0, 0.1) is 0 Å². The molecule has 0 atom stereocenters. The maximum Gasteiger partial charge on any atom is 0.162 e. The number of rotatable bonds is 1. The monoisotopic (exact) mass is 245 g/mol. The second-order valence-electron chi connectivity index (χ2n) is 5.55. The van der Waals surface area contributed by atoms with Crippen molar-refractivity contribution in [2.75, 3.05) is 13.2 Å². The molecule has 0 aliphatic carbocycles. The molecule has 0 amide bonds. The van der Waals surface area contributed by atoms with Crippen LogP contribution in [0.3, 0.4) is 0 Å². The first-order valence-electron chi connectivity index (χ1n) is 6.61. The first kappa shape index (κ1) is 11.6. The zero-order chi connectivity index (χ0) is 12.8. The SMILES string of the molecule is CCC1=NC(C)(C)Cc2cc3c(cc21)OCCO3. The molecule has 2 heterocycles. The second kappa shape index (κ2) is 4.01. The lowest BCUT2D eigenvalue weighted by Gasteiger charge is -2.30. The Kier molecular flexibility index (Phi) is 2.58. The Labute approximate surface area is 108 Å². The Morgan fingerprint density at radius 1 is 1.17 bits per heavy atom. The van der Waals surface area contributed by atoms with Gasteiger partial charge in [0.15, 0.2) is 11.5 Å². The zero-order valence-corrected chi connectivity index (χ0v) is 11.2. The molecule has 3 rings (SSSR count). The van der Waals surface area contributed by atoms with Gasteiger partial charge in [-0.2, -0.15) is 0 Å². The predicted octanol–water partition coefficient (Wildman–Crippen LogP) is 2.99. The standard InChI is InChI=1S/C15H19NO2/c1-4-12-11-8-14-13(17-5-6-18-14)7-10(11)9-15(2,3)16-12/h7-8H,4-6,9H2,1-3H3. The molecule has 0 fully saturated rings. The summed E-state index contributed by atoms with van der Waals surface area (Å²) < 4.78 is 11.3. The smallest absolute Gasteiger partial charge is 0.162 e. The van der Waals surface area contributed by atoms with Crippen LogP contribution >= 0.6 is 0 Å². The molecule has 0 aromatic heterocycles. The van der Waals surface area contributed by atoms with E-state index < -0.39 is 0 Å². The lowest BCUT2D eigenvalue weighted by atomic mass is 9.86. The average Bonchev–Trinajstić information content (AvgIpc) is 2.34. The Balaban J connectivity index is 2.12. The van der Waals surface area contributed by atoms with Crippen molar-refractivity contribution >= 4 is 5.71 Å². The highest BCUT2D eigenvalue weighted by molar-refractivity contribution is 6.03. The van der Waals surface area contributed by atoms with E-state index in [2.05, 4.69) is 32.9 Å². The first-order valence-corrected chi connectivity index (χ1v) is 6.61. The molecule has 18 heavy (non-hydrogen) atoms. The van der Waals surface area contributed by atoms with Crippen molar-refractivity contribution in [1.82, 2.24) is 0 Å². The summed E-state index contributed by atoms with van der Waals surface area (Å²) in [6.45, 7) is 7.80. The molecule has 0 spiro atoms. The lowest BCUT2D eigenvalue weighted by Crippen LogP contribution is -2.29. The molecule has 0 saturated carbocycles. The number of hydrogen-bond acceptors (Lipinski definition) is 3. The van der Waals surface area contributed by atoms with Gasteiger partial charge in [-0.3, -0.25) is 4.99 Å².